The Labute approximate surface area is 145 Å². The molecule has 0 spiro atoms. The SMILES string of the molecule is NC(=NCC(O)COc1ccc(C(F)(F)F)cc1)NC1CCCCC1. The van der Waals surface area contributed by atoms with Gasteiger partial charge in [-0.25, -0.2) is 0 Å². The predicted octanol–water partition coefficient (Wildman–Crippen LogP) is 2.68. The fraction of sp³-hybridized carbons (Fsp3) is 0.588. The van der Waals surface area contributed by atoms with Crippen molar-refractivity contribution in [1.29, 1.82) is 0 Å². The van der Waals surface area contributed by atoms with Crippen LogP contribution in [0, 0.1) is 0 Å². The quantitative estimate of drug-likeness (QED) is 0.539. The zero-order valence-electron chi connectivity index (χ0n) is 13.9. The molecule has 0 saturated heterocycles. The van der Waals surface area contributed by atoms with Crippen molar-refractivity contribution in [2.24, 2.45) is 10.7 Å². The molecule has 0 radical (unpaired) electrons. The summed E-state index contributed by atoms with van der Waals surface area (Å²) in [5, 5.41) is 13.0. The summed E-state index contributed by atoms with van der Waals surface area (Å²) in [5.41, 5.74) is 5.05. The van der Waals surface area contributed by atoms with Gasteiger partial charge in [-0.2, -0.15) is 13.2 Å². The molecule has 0 aromatic heterocycles. The van der Waals surface area contributed by atoms with Crippen LogP contribution in [-0.2, 0) is 6.18 Å². The molecule has 0 bridgehead atoms. The fourth-order valence-electron chi connectivity index (χ4n) is 2.69. The molecular weight excluding hydrogens is 335 g/mol. The molecule has 5 nitrogen and oxygen atoms in total. The van der Waals surface area contributed by atoms with Crippen LogP contribution in [0.1, 0.15) is 37.7 Å². The van der Waals surface area contributed by atoms with Gasteiger partial charge in [0.15, 0.2) is 5.96 Å². The summed E-state index contributed by atoms with van der Waals surface area (Å²) in [6.45, 7) is -0.0161. The van der Waals surface area contributed by atoms with Gasteiger partial charge in [-0.15, -0.1) is 0 Å². The first-order valence-corrected chi connectivity index (χ1v) is 8.39. The van der Waals surface area contributed by atoms with Crippen molar-refractivity contribution in [2.45, 2.75) is 50.4 Å². The topological polar surface area (TPSA) is 79.9 Å². The van der Waals surface area contributed by atoms with Gasteiger partial charge >= 0.3 is 6.18 Å². The Morgan fingerprint density at radius 3 is 2.48 bits per heavy atom. The Bertz CT molecular complexity index is 555. The summed E-state index contributed by atoms with van der Waals surface area (Å²) in [7, 11) is 0. The highest BCUT2D eigenvalue weighted by Gasteiger charge is 2.30. The Morgan fingerprint density at radius 1 is 1.24 bits per heavy atom. The molecule has 1 atom stereocenters. The minimum atomic E-state index is -4.38. The number of hydrogen-bond donors (Lipinski definition) is 3. The molecule has 1 aromatic rings. The molecule has 2 rings (SSSR count). The van der Waals surface area contributed by atoms with Crippen molar-refractivity contribution >= 4 is 5.96 Å². The molecule has 140 valence electrons. The molecule has 25 heavy (non-hydrogen) atoms. The number of aliphatic imine (C=N–C) groups is 1. The van der Waals surface area contributed by atoms with Crippen molar-refractivity contribution in [3.63, 3.8) is 0 Å². The molecule has 4 N–H and O–H groups in total. The second kappa shape index (κ2) is 8.94. The Morgan fingerprint density at radius 2 is 1.88 bits per heavy atom. The zero-order valence-corrected chi connectivity index (χ0v) is 13.9. The van der Waals surface area contributed by atoms with Gasteiger partial charge in [-0.05, 0) is 37.1 Å². The summed E-state index contributed by atoms with van der Waals surface area (Å²) >= 11 is 0. The minimum Gasteiger partial charge on any atom is -0.491 e. The Hall–Kier alpha value is -1.96. The van der Waals surface area contributed by atoms with E-state index in [9.17, 15) is 18.3 Å². The first kappa shape index (κ1) is 19.4. The average Bonchev–Trinajstić information content (AvgIpc) is 2.58. The van der Waals surface area contributed by atoms with Crippen molar-refractivity contribution in [3.05, 3.63) is 29.8 Å². The summed E-state index contributed by atoms with van der Waals surface area (Å²) in [6, 6.07) is 4.64. The number of rotatable bonds is 6. The maximum atomic E-state index is 12.5. The molecule has 0 amide bonds. The lowest BCUT2D eigenvalue weighted by molar-refractivity contribution is -0.137. The lowest BCUT2D eigenvalue weighted by atomic mass is 9.96. The van der Waals surface area contributed by atoms with E-state index in [0.29, 0.717) is 12.0 Å². The number of benzene rings is 1. The monoisotopic (exact) mass is 359 g/mol. The summed E-state index contributed by atoms with van der Waals surface area (Å²) in [4.78, 5) is 4.08. The lowest BCUT2D eigenvalue weighted by Crippen LogP contribution is -2.41. The number of aliphatic hydroxyl groups is 1. The average molecular weight is 359 g/mol. The molecule has 8 heteroatoms. The van der Waals surface area contributed by atoms with Gasteiger partial charge in [-0.3, -0.25) is 4.99 Å². The third-order valence-electron chi connectivity index (χ3n) is 4.05. The van der Waals surface area contributed by atoms with E-state index >= 15 is 0 Å². The smallest absolute Gasteiger partial charge is 0.416 e. The van der Waals surface area contributed by atoms with Gasteiger partial charge in [0.25, 0.3) is 0 Å². The number of ether oxygens (including phenoxy) is 1. The third kappa shape index (κ3) is 6.81. The normalized spacial score (nSPS) is 18.0. The second-order valence-corrected chi connectivity index (χ2v) is 6.19. The summed E-state index contributed by atoms with van der Waals surface area (Å²) < 4.78 is 42.7. The van der Waals surface area contributed by atoms with Gasteiger partial charge in [0.2, 0.25) is 0 Å². The van der Waals surface area contributed by atoms with Crippen LogP contribution in [0.25, 0.3) is 0 Å². The first-order valence-electron chi connectivity index (χ1n) is 8.39. The fourth-order valence-corrected chi connectivity index (χ4v) is 2.69. The van der Waals surface area contributed by atoms with Crippen LogP contribution in [0.2, 0.25) is 0 Å². The highest BCUT2D eigenvalue weighted by Crippen LogP contribution is 2.30. The molecule has 1 saturated carbocycles. The van der Waals surface area contributed by atoms with Crippen LogP contribution in [0.5, 0.6) is 5.75 Å². The van der Waals surface area contributed by atoms with E-state index in [1.54, 1.807) is 0 Å². The number of halogens is 3. The van der Waals surface area contributed by atoms with Crippen LogP contribution < -0.4 is 15.8 Å². The maximum Gasteiger partial charge on any atom is 0.416 e. The maximum absolute atomic E-state index is 12.5. The van der Waals surface area contributed by atoms with Crippen LogP contribution in [0.4, 0.5) is 13.2 Å². The van der Waals surface area contributed by atoms with Gasteiger partial charge in [-0.1, -0.05) is 19.3 Å². The number of aliphatic hydroxyl groups excluding tert-OH is 1. The van der Waals surface area contributed by atoms with Crippen LogP contribution in [-0.4, -0.2) is 36.4 Å². The van der Waals surface area contributed by atoms with Crippen LogP contribution in [0.15, 0.2) is 29.3 Å². The van der Waals surface area contributed by atoms with E-state index in [0.717, 1.165) is 25.0 Å². The van der Waals surface area contributed by atoms with Gasteiger partial charge < -0.3 is 20.9 Å². The van der Waals surface area contributed by atoms with Crippen molar-refractivity contribution in [1.82, 2.24) is 5.32 Å². The van der Waals surface area contributed by atoms with E-state index in [1.807, 2.05) is 0 Å². The van der Waals surface area contributed by atoms with E-state index in [2.05, 4.69) is 10.3 Å². The number of guanidine groups is 1. The third-order valence-corrected chi connectivity index (χ3v) is 4.05. The predicted molar refractivity (Wildman–Crippen MR) is 89.4 cm³/mol. The molecule has 1 aliphatic carbocycles. The van der Waals surface area contributed by atoms with E-state index in [1.165, 1.54) is 31.4 Å². The van der Waals surface area contributed by atoms with Gasteiger partial charge in [0.1, 0.15) is 18.5 Å². The number of nitrogens with one attached hydrogen (secondary N) is 1. The van der Waals surface area contributed by atoms with E-state index in [4.69, 9.17) is 10.5 Å². The molecule has 1 fully saturated rings. The molecule has 1 aliphatic rings. The largest absolute Gasteiger partial charge is 0.491 e. The number of hydrogen-bond acceptors (Lipinski definition) is 3. The molecule has 1 aromatic carbocycles. The standard InChI is InChI=1S/C17H24F3N3O2/c18-17(19,20)12-6-8-15(9-7-12)25-11-14(24)10-22-16(21)23-13-4-2-1-3-5-13/h6-9,13-14,24H,1-5,10-11H2,(H3,21,22,23). The molecular formula is C17H24F3N3O2. The van der Waals surface area contributed by atoms with E-state index < -0.39 is 17.8 Å². The van der Waals surface area contributed by atoms with Gasteiger partial charge in [0.05, 0.1) is 12.1 Å². The number of nitrogens with two attached hydrogens (primary N) is 1. The molecule has 1 unspecified atom stereocenters. The Balaban J connectivity index is 1.72. The van der Waals surface area contributed by atoms with Crippen molar-refractivity contribution < 1.29 is 23.0 Å². The Kier molecular flexibility index (Phi) is 6.92. The summed E-state index contributed by atoms with van der Waals surface area (Å²) in [5.74, 6) is 0.546. The molecule has 0 heterocycles. The molecule has 0 aliphatic heterocycles. The minimum absolute atomic E-state index is 0.0617. The summed E-state index contributed by atoms with van der Waals surface area (Å²) in [6.07, 6.45) is 0.452. The van der Waals surface area contributed by atoms with E-state index in [-0.39, 0.29) is 18.9 Å². The number of nitrogens with zero attached hydrogens (tertiary/aromatic N) is 1. The van der Waals surface area contributed by atoms with Crippen molar-refractivity contribution in [3.8, 4) is 5.75 Å². The highest BCUT2D eigenvalue weighted by atomic mass is 19.4. The zero-order chi connectivity index (χ0) is 18.3. The van der Waals surface area contributed by atoms with Crippen LogP contribution in [0.3, 0.4) is 0 Å². The highest BCUT2D eigenvalue weighted by molar-refractivity contribution is 5.78. The lowest BCUT2D eigenvalue weighted by Gasteiger charge is -2.23. The second-order valence-electron chi connectivity index (χ2n) is 6.19. The van der Waals surface area contributed by atoms with Crippen molar-refractivity contribution in [2.75, 3.05) is 13.2 Å². The first-order chi connectivity index (χ1) is 11.8. The number of alkyl halides is 3. The van der Waals surface area contributed by atoms with Crippen LogP contribution >= 0.6 is 0 Å². The van der Waals surface area contributed by atoms with Gasteiger partial charge in [0, 0.05) is 6.04 Å².